The van der Waals surface area contributed by atoms with E-state index in [9.17, 15) is 4.79 Å². The van der Waals surface area contributed by atoms with Crippen LogP contribution in [0.3, 0.4) is 0 Å². The summed E-state index contributed by atoms with van der Waals surface area (Å²) in [5, 5.41) is 13.3. The van der Waals surface area contributed by atoms with E-state index in [0.717, 1.165) is 27.1 Å². The number of hydrazone groups is 1. The second-order valence-electron chi connectivity index (χ2n) is 6.84. The first kappa shape index (κ1) is 22.7. The number of halogens is 1. The number of hydrogen-bond donors (Lipinski definition) is 1. The van der Waals surface area contributed by atoms with Crippen LogP contribution in [0.15, 0.2) is 91.9 Å². The van der Waals surface area contributed by atoms with Gasteiger partial charge in [-0.25, -0.2) is 5.43 Å². The van der Waals surface area contributed by atoms with Crippen molar-refractivity contribution in [2.75, 3.05) is 5.75 Å². The lowest BCUT2D eigenvalue weighted by Crippen LogP contribution is -2.20. The number of benzene rings is 1. The Kier molecular flexibility index (Phi) is 7.48. The van der Waals surface area contributed by atoms with E-state index in [-0.39, 0.29) is 11.7 Å². The van der Waals surface area contributed by atoms with Gasteiger partial charge in [0.2, 0.25) is 0 Å². The highest BCUT2D eigenvalue weighted by Gasteiger charge is 2.17. The third-order valence-corrected chi connectivity index (χ3v) is 5.82. The van der Waals surface area contributed by atoms with Crippen molar-refractivity contribution >= 4 is 45.9 Å². The fourth-order valence-corrected chi connectivity index (χ4v) is 3.89. The monoisotopic (exact) mass is 522 g/mol. The number of furan rings is 1. The van der Waals surface area contributed by atoms with Gasteiger partial charge in [0, 0.05) is 28.1 Å². The molecular weight excluding hydrogens is 504 g/mol. The number of rotatable bonds is 8. The summed E-state index contributed by atoms with van der Waals surface area (Å²) in [5.74, 6) is 1.26. The van der Waals surface area contributed by atoms with Gasteiger partial charge in [-0.1, -0.05) is 27.7 Å². The van der Waals surface area contributed by atoms with Gasteiger partial charge < -0.3 is 4.42 Å². The zero-order valence-corrected chi connectivity index (χ0v) is 20.0. The first-order chi connectivity index (χ1) is 16.1. The molecule has 4 rings (SSSR count). The maximum atomic E-state index is 12.3. The van der Waals surface area contributed by atoms with Crippen LogP contribution in [0.1, 0.15) is 12.7 Å². The van der Waals surface area contributed by atoms with Crippen molar-refractivity contribution in [3.63, 3.8) is 0 Å². The maximum absolute atomic E-state index is 12.3. The molecule has 1 N–H and O–H groups in total. The smallest absolute Gasteiger partial charge is 0.250 e. The van der Waals surface area contributed by atoms with E-state index >= 15 is 0 Å². The Morgan fingerprint density at radius 2 is 1.97 bits per heavy atom. The fraction of sp³-hybridized carbons (Fsp3) is 0.0870. The molecule has 166 valence electrons. The van der Waals surface area contributed by atoms with Crippen LogP contribution in [0.2, 0.25) is 0 Å². The number of hydrogen-bond acceptors (Lipinski definition) is 7. The van der Waals surface area contributed by atoms with Gasteiger partial charge in [0.25, 0.3) is 5.91 Å². The highest BCUT2D eigenvalue weighted by Crippen LogP contribution is 2.28. The Labute approximate surface area is 203 Å². The number of amides is 1. The number of thioether (sulfide) groups is 1. The van der Waals surface area contributed by atoms with Gasteiger partial charge in [-0.3, -0.25) is 14.3 Å². The van der Waals surface area contributed by atoms with Crippen molar-refractivity contribution in [3.05, 3.63) is 83.0 Å². The Morgan fingerprint density at radius 1 is 1.18 bits per heavy atom. The zero-order valence-electron chi connectivity index (χ0n) is 17.6. The SMILES string of the molecule is CC(/C=N\NC(=O)CSc1nnc(-c2ccncc2)n1-c1ccc(Br)cc1)=C\c1ccco1. The van der Waals surface area contributed by atoms with Crippen molar-refractivity contribution in [1.29, 1.82) is 0 Å². The second-order valence-corrected chi connectivity index (χ2v) is 8.70. The molecule has 0 aliphatic heterocycles. The van der Waals surface area contributed by atoms with E-state index in [1.165, 1.54) is 11.8 Å². The minimum absolute atomic E-state index is 0.128. The third kappa shape index (κ3) is 6.05. The normalized spacial score (nSPS) is 11.8. The maximum Gasteiger partial charge on any atom is 0.250 e. The van der Waals surface area contributed by atoms with E-state index < -0.39 is 0 Å². The number of allylic oxidation sites excluding steroid dienone is 1. The summed E-state index contributed by atoms with van der Waals surface area (Å²) < 4.78 is 8.14. The largest absolute Gasteiger partial charge is 0.465 e. The number of pyridine rings is 1. The molecule has 4 aromatic rings. The quantitative estimate of drug-likeness (QED) is 0.199. The lowest BCUT2D eigenvalue weighted by Gasteiger charge is -2.10. The molecule has 0 radical (unpaired) electrons. The lowest BCUT2D eigenvalue weighted by atomic mass is 10.2. The highest BCUT2D eigenvalue weighted by atomic mass is 79.9. The minimum Gasteiger partial charge on any atom is -0.465 e. The second kappa shape index (κ2) is 10.9. The molecule has 0 aliphatic carbocycles. The van der Waals surface area contributed by atoms with Gasteiger partial charge in [0.1, 0.15) is 5.76 Å². The number of aromatic nitrogens is 4. The van der Waals surface area contributed by atoms with Gasteiger partial charge in [-0.2, -0.15) is 5.10 Å². The Morgan fingerprint density at radius 3 is 2.70 bits per heavy atom. The average Bonchev–Trinajstić information content (AvgIpc) is 3.49. The van der Waals surface area contributed by atoms with Crippen LogP contribution in [-0.2, 0) is 4.79 Å². The Balaban J connectivity index is 1.46. The van der Waals surface area contributed by atoms with E-state index in [4.69, 9.17) is 4.42 Å². The number of nitrogens with zero attached hydrogens (tertiary/aromatic N) is 5. The zero-order chi connectivity index (χ0) is 23.0. The van der Waals surface area contributed by atoms with Crippen LogP contribution >= 0.6 is 27.7 Å². The number of carbonyl (C=O) groups excluding carboxylic acids is 1. The summed E-state index contributed by atoms with van der Waals surface area (Å²) in [6.07, 6.45) is 8.40. The molecule has 3 heterocycles. The topological polar surface area (TPSA) is 98.2 Å². The summed E-state index contributed by atoms with van der Waals surface area (Å²) in [6, 6.07) is 15.2. The average molecular weight is 523 g/mol. The van der Waals surface area contributed by atoms with Crippen molar-refractivity contribution < 1.29 is 9.21 Å². The van der Waals surface area contributed by atoms with Crippen LogP contribution in [-0.4, -0.2) is 37.6 Å². The summed E-state index contributed by atoms with van der Waals surface area (Å²) in [4.78, 5) is 16.4. The summed E-state index contributed by atoms with van der Waals surface area (Å²) in [7, 11) is 0. The van der Waals surface area contributed by atoms with Crippen LogP contribution in [0.25, 0.3) is 23.2 Å². The molecule has 10 heteroatoms. The molecule has 0 fully saturated rings. The molecule has 0 saturated carbocycles. The molecule has 0 atom stereocenters. The van der Waals surface area contributed by atoms with Gasteiger partial charge in [-0.05, 0) is 67.1 Å². The van der Waals surface area contributed by atoms with Crippen LogP contribution in [0, 0.1) is 0 Å². The van der Waals surface area contributed by atoms with E-state index in [1.54, 1.807) is 24.9 Å². The Bertz CT molecular complexity index is 1270. The third-order valence-electron chi connectivity index (χ3n) is 4.36. The van der Waals surface area contributed by atoms with Crippen LogP contribution in [0.5, 0.6) is 0 Å². The van der Waals surface area contributed by atoms with E-state index in [0.29, 0.717) is 11.0 Å². The predicted octanol–water partition coefficient (Wildman–Crippen LogP) is 4.98. The first-order valence-electron chi connectivity index (χ1n) is 9.88. The molecule has 3 aromatic heterocycles. The molecular formula is C23H19BrN6O2S. The van der Waals surface area contributed by atoms with Crippen LogP contribution < -0.4 is 5.43 Å². The van der Waals surface area contributed by atoms with Gasteiger partial charge in [-0.15, -0.1) is 10.2 Å². The Hall–Kier alpha value is -3.50. The van der Waals surface area contributed by atoms with E-state index in [1.807, 2.05) is 66.1 Å². The fourth-order valence-electron chi connectivity index (χ4n) is 2.88. The standard InChI is InChI=1S/C23H19BrN6O2S/c1-16(13-20-3-2-12-32-20)14-26-27-21(31)15-33-23-29-28-22(17-8-10-25-11-9-17)30(23)19-6-4-18(24)5-7-19/h2-14H,15H2,1H3,(H,27,31)/b16-13+,26-14-. The molecule has 8 nitrogen and oxygen atoms in total. The molecule has 0 saturated heterocycles. The molecule has 0 aliphatic rings. The van der Waals surface area contributed by atoms with E-state index in [2.05, 4.69) is 41.6 Å². The lowest BCUT2D eigenvalue weighted by molar-refractivity contribution is -0.118. The molecule has 0 spiro atoms. The molecule has 0 unspecified atom stereocenters. The number of nitrogens with one attached hydrogen (secondary N) is 1. The summed E-state index contributed by atoms with van der Waals surface area (Å²) in [5.41, 5.74) is 5.14. The highest BCUT2D eigenvalue weighted by molar-refractivity contribution is 9.10. The molecule has 1 aromatic carbocycles. The predicted molar refractivity (Wildman–Crippen MR) is 132 cm³/mol. The van der Waals surface area contributed by atoms with Crippen molar-refractivity contribution in [2.45, 2.75) is 12.1 Å². The number of carbonyl (C=O) groups is 1. The van der Waals surface area contributed by atoms with Gasteiger partial charge in [0.15, 0.2) is 11.0 Å². The summed E-state index contributed by atoms with van der Waals surface area (Å²) >= 11 is 4.74. The molecule has 0 bridgehead atoms. The van der Waals surface area contributed by atoms with Crippen molar-refractivity contribution in [1.82, 2.24) is 25.2 Å². The minimum atomic E-state index is -0.252. The van der Waals surface area contributed by atoms with Crippen LogP contribution in [0.4, 0.5) is 0 Å². The van der Waals surface area contributed by atoms with Crippen molar-refractivity contribution in [2.24, 2.45) is 5.10 Å². The van der Waals surface area contributed by atoms with Crippen molar-refractivity contribution in [3.8, 4) is 17.1 Å². The molecule has 1 amide bonds. The van der Waals surface area contributed by atoms with Gasteiger partial charge >= 0.3 is 0 Å². The summed E-state index contributed by atoms with van der Waals surface area (Å²) in [6.45, 7) is 1.87. The van der Waals surface area contributed by atoms with Gasteiger partial charge in [0.05, 0.1) is 18.2 Å². The first-order valence-corrected chi connectivity index (χ1v) is 11.7. The molecule has 33 heavy (non-hydrogen) atoms.